The van der Waals surface area contributed by atoms with Crippen molar-refractivity contribution < 1.29 is 18.0 Å². The highest BCUT2D eigenvalue weighted by atomic mass is 79.9. The summed E-state index contributed by atoms with van der Waals surface area (Å²) in [5, 5.41) is 10.9. The van der Waals surface area contributed by atoms with Crippen molar-refractivity contribution in [3.05, 3.63) is 63.1 Å². The van der Waals surface area contributed by atoms with Crippen molar-refractivity contribution in [3.63, 3.8) is 0 Å². The van der Waals surface area contributed by atoms with Gasteiger partial charge in [0.05, 0.1) is 28.1 Å². The third kappa shape index (κ3) is 4.87. The van der Waals surface area contributed by atoms with Crippen LogP contribution in [0.15, 0.2) is 34.8 Å². The SMILES string of the molecule is Cc1cc(C(F)(F)F)n(CC(=O)Nc2cccc(Cn3nc(C)c(Br)c3C)c2)n1. The van der Waals surface area contributed by atoms with Gasteiger partial charge in [-0.1, -0.05) is 12.1 Å². The number of nitrogens with zero attached hydrogens (tertiary/aromatic N) is 4. The van der Waals surface area contributed by atoms with Gasteiger partial charge in [0.1, 0.15) is 12.2 Å². The van der Waals surface area contributed by atoms with Gasteiger partial charge in [-0.15, -0.1) is 0 Å². The quantitative estimate of drug-likeness (QED) is 0.599. The second kappa shape index (κ2) is 8.02. The lowest BCUT2D eigenvalue weighted by Gasteiger charge is -2.11. The summed E-state index contributed by atoms with van der Waals surface area (Å²) in [6.45, 7) is 5.26. The van der Waals surface area contributed by atoms with Crippen LogP contribution in [0.3, 0.4) is 0 Å². The lowest BCUT2D eigenvalue weighted by molar-refractivity contribution is -0.144. The number of amides is 1. The number of hydrogen-bond donors (Lipinski definition) is 1. The van der Waals surface area contributed by atoms with Gasteiger partial charge in [0.2, 0.25) is 5.91 Å². The fourth-order valence-electron chi connectivity index (χ4n) is 2.98. The number of carbonyl (C=O) groups is 1. The summed E-state index contributed by atoms with van der Waals surface area (Å²) in [5.74, 6) is -0.593. The number of aromatic nitrogens is 4. The Balaban J connectivity index is 1.72. The number of alkyl halides is 3. The fourth-order valence-corrected chi connectivity index (χ4v) is 3.26. The molecule has 0 saturated heterocycles. The molecular formula is C19H19BrF3N5O. The van der Waals surface area contributed by atoms with E-state index in [9.17, 15) is 18.0 Å². The molecule has 0 bridgehead atoms. The minimum absolute atomic E-state index is 0.197. The van der Waals surface area contributed by atoms with E-state index in [0.717, 1.165) is 27.5 Å². The van der Waals surface area contributed by atoms with E-state index < -0.39 is 24.3 Å². The van der Waals surface area contributed by atoms with Gasteiger partial charge in [0.15, 0.2) is 0 Å². The smallest absolute Gasteiger partial charge is 0.324 e. The molecule has 0 radical (unpaired) electrons. The maximum absolute atomic E-state index is 13.1. The van der Waals surface area contributed by atoms with Crippen LogP contribution in [0.2, 0.25) is 0 Å². The van der Waals surface area contributed by atoms with Gasteiger partial charge in [0.25, 0.3) is 0 Å². The summed E-state index contributed by atoms with van der Waals surface area (Å²) in [6.07, 6.45) is -4.57. The average Bonchev–Trinajstić information content (AvgIpc) is 3.10. The largest absolute Gasteiger partial charge is 0.433 e. The van der Waals surface area contributed by atoms with Crippen LogP contribution in [0.1, 0.15) is 28.3 Å². The summed E-state index contributed by atoms with van der Waals surface area (Å²) >= 11 is 3.48. The molecule has 29 heavy (non-hydrogen) atoms. The van der Waals surface area contributed by atoms with E-state index in [1.54, 1.807) is 18.2 Å². The van der Waals surface area contributed by atoms with Crippen LogP contribution in [0, 0.1) is 20.8 Å². The molecule has 0 unspecified atom stereocenters. The Kier molecular flexibility index (Phi) is 5.83. The summed E-state index contributed by atoms with van der Waals surface area (Å²) < 4.78 is 42.6. The highest BCUT2D eigenvalue weighted by molar-refractivity contribution is 9.10. The lowest BCUT2D eigenvalue weighted by Crippen LogP contribution is -2.23. The van der Waals surface area contributed by atoms with Crippen LogP contribution in [-0.2, 0) is 24.1 Å². The predicted octanol–water partition coefficient (Wildman–Crippen LogP) is 4.47. The molecule has 0 aliphatic heterocycles. The molecule has 154 valence electrons. The zero-order valence-electron chi connectivity index (χ0n) is 16.0. The molecule has 2 heterocycles. The van der Waals surface area contributed by atoms with Crippen molar-refractivity contribution in [2.45, 2.75) is 40.0 Å². The first-order valence-corrected chi connectivity index (χ1v) is 9.54. The zero-order valence-corrected chi connectivity index (χ0v) is 17.6. The van der Waals surface area contributed by atoms with Crippen LogP contribution in [-0.4, -0.2) is 25.5 Å². The molecular weight excluding hydrogens is 451 g/mol. The molecule has 0 aliphatic rings. The Morgan fingerprint density at radius 2 is 1.86 bits per heavy atom. The molecule has 1 amide bonds. The first-order chi connectivity index (χ1) is 13.5. The standard InChI is InChI=1S/C19H19BrF3N5O/c1-11-7-16(19(21,22)23)28(25-11)10-17(29)24-15-6-4-5-14(8-15)9-27-13(3)18(20)12(2)26-27/h4-8H,9-10H2,1-3H3,(H,24,29). The molecule has 0 atom stereocenters. The van der Waals surface area contributed by atoms with E-state index in [4.69, 9.17) is 0 Å². The van der Waals surface area contributed by atoms with Crippen LogP contribution < -0.4 is 5.32 Å². The number of rotatable bonds is 5. The first kappa shape index (κ1) is 21.1. The average molecular weight is 470 g/mol. The Labute approximate surface area is 173 Å². The summed E-state index contributed by atoms with van der Waals surface area (Å²) in [5.41, 5.74) is 2.49. The van der Waals surface area contributed by atoms with Gasteiger partial charge >= 0.3 is 6.18 Å². The Morgan fingerprint density at radius 3 is 2.48 bits per heavy atom. The van der Waals surface area contributed by atoms with E-state index in [2.05, 4.69) is 31.4 Å². The maximum Gasteiger partial charge on any atom is 0.433 e. The molecule has 0 fully saturated rings. The minimum atomic E-state index is -4.57. The van der Waals surface area contributed by atoms with E-state index >= 15 is 0 Å². The van der Waals surface area contributed by atoms with Crippen molar-refractivity contribution >= 4 is 27.5 Å². The highest BCUT2D eigenvalue weighted by Gasteiger charge is 2.35. The van der Waals surface area contributed by atoms with Crippen LogP contribution in [0.4, 0.5) is 18.9 Å². The van der Waals surface area contributed by atoms with E-state index in [-0.39, 0.29) is 5.69 Å². The summed E-state index contributed by atoms with van der Waals surface area (Å²) in [7, 11) is 0. The van der Waals surface area contributed by atoms with Gasteiger partial charge < -0.3 is 5.32 Å². The van der Waals surface area contributed by atoms with Gasteiger partial charge in [-0.05, 0) is 60.5 Å². The fraction of sp³-hybridized carbons (Fsp3) is 0.316. The van der Waals surface area contributed by atoms with Crippen LogP contribution >= 0.6 is 15.9 Å². The third-order valence-electron chi connectivity index (χ3n) is 4.32. The van der Waals surface area contributed by atoms with Crippen LogP contribution in [0.25, 0.3) is 0 Å². The zero-order chi connectivity index (χ0) is 21.3. The topological polar surface area (TPSA) is 64.7 Å². The summed E-state index contributed by atoms with van der Waals surface area (Å²) in [6, 6.07) is 8.02. The number of benzene rings is 1. The molecule has 3 aromatic rings. The van der Waals surface area contributed by atoms with Crippen molar-refractivity contribution in [1.29, 1.82) is 0 Å². The molecule has 2 aromatic heterocycles. The summed E-state index contributed by atoms with van der Waals surface area (Å²) in [4.78, 5) is 12.3. The van der Waals surface area contributed by atoms with E-state index in [1.165, 1.54) is 6.92 Å². The maximum atomic E-state index is 13.1. The van der Waals surface area contributed by atoms with Gasteiger partial charge in [-0.2, -0.15) is 23.4 Å². The molecule has 0 spiro atoms. The molecule has 3 rings (SSSR count). The molecule has 6 nitrogen and oxygen atoms in total. The number of aryl methyl sites for hydroxylation is 2. The first-order valence-electron chi connectivity index (χ1n) is 8.74. The molecule has 1 N–H and O–H groups in total. The number of carbonyl (C=O) groups excluding carboxylic acids is 1. The van der Waals surface area contributed by atoms with Crippen molar-refractivity contribution in [2.75, 3.05) is 5.32 Å². The number of nitrogens with one attached hydrogen (secondary N) is 1. The van der Waals surface area contributed by atoms with Gasteiger partial charge in [-0.3, -0.25) is 14.2 Å². The number of hydrogen-bond acceptors (Lipinski definition) is 3. The second-order valence-electron chi connectivity index (χ2n) is 6.72. The third-order valence-corrected chi connectivity index (χ3v) is 5.47. The number of anilines is 1. The molecule has 1 aromatic carbocycles. The van der Waals surface area contributed by atoms with Crippen molar-refractivity contribution in [1.82, 2.24) is 19.6 Å². The molecule has 0 saturated carbocycles. The van der Waals surface area contributed by atoms with E-state index in [0.29, 0.717) is 16.9 Å². The second-order valence-corrected chi connectivity index (χ2v) is 7.51. The Morgan fingerprint density at radius 1 is 1.14 bits per heavy atom. The molecule has 10 heteroatoms. The molecule has 0 aliphatic carbocycles. The Hall–Kier alpha value is -2.62. The monoisotopic (exact) mass is 469 g/mol. The minimum Gasteiger partial charge on any atom is -0.324 e. The Bertz CT molecular complexity index is 1050. The van der Waals surface area contributed by atoms with E-state index in [1.807, 2.05) is 24.6 Å². The lowest BCUT2D eigenvalue weighted by atomic mass is 10.2. The normalized spacial score (nSPS) is 11.7. The van der Waals surface area contributed by atoms with Gasteiger partial charge in [0, 0.05) is 5.69 Å². The van der Waals surface area contributed by atoms with Gasteiger partial charge in [-0.25, -0.2) is 0 Å². The highest BCUT2D eigenvalue weighted by Crippen LogP contribution is 2.29. The predicted molar refractivity (Wildman–Crippen MR) is 106 cm³/mol. The van der Waals surface area contributed by atoms with Crippen molar-refractivity contribution in [2.24, 2.45) is 0 Å². The van der Waals surface area contributed by atoms with Crippen molar-refractivity contribution in [3.8, 4) is 0 Å². The number of halogens is 4. The van der Waals surface area contributed by atoms with Crippen LogP contribution in [0.5, 0.6) is 0 Å².